The van der Waals surface area contributed by atoms with E-state index in [2.05, 4.69) is 6.58 Å². The van der Waals surface area contributed by atoms with Gasteiger partial charge in [0.15, 0.2) is 11.5 Å². The van der Waals surface area contributed by atoms with Crippen molar-refractivity contribution in [2.75, 3.05) is 27.3 Å². The van der Waals surface area contributed by atoms with Gasteiger partial charge in [-0.2, -0.15) is 0 Å². The molecule has 0 radical (unpaired) electrons. The van der Waals surface area contributed by atoms with Crippen LogP contribution in [-0.4, -0.2) is 44.2 Å². The van der Waals surface area contributed by atoms with Crippen molar-refractivity contribution in [1.29, 1.82) is 0 Å². The molecular weight excluding hydrogens is 340 g/mol. The average Bonchev–Trinajstić information content (AvgIpc) is 2.60. The second-order valence-corrected chi connectivity index (χ2v) is 6.38. The van der Waals surface area contributed by atoms with Crippen LogP contribution in [0.25, 0.3) is 0 Å². The SMILES string of the molecule is C=CCc1cc(C(=O)N2CCCC(C(C)N)C2)cc(OC)c1OC.Cl. The van der Waals surface area contributed by atoms with Gasteiger partial charge in [-0.05, 0) is 44.2 Å². The summed E-state index contributed by atoms with van der Waals surface area (Å²) < 4.78 is 10.8. The maximum absolute atomic E-state index is 13.0. The van der Waals surface area contributed by atoms with Crippen molar-refractivity contribution in [3.05, 3.63) is 35.9 Å². The fourth-order valence-corrected chi connectivity index (χ4v) is 3.28. The fourth-order valence-electron chi connectivity index (χ4n) is 3.28. The number of likely N-dealkylation sites (tertiary alicyclic amines) is 1. The van der Waals surface area contributed by atoms with Gasteiger partial charge in [-0.1, -0.05) is 6.08 Å². The molecule has 0 aliphatic carbocycles. The van der Waals surface area contributed by atoms with Gasteiger partial charge in [0, 0.05) is 30.3 Å². The molecule has 2 N–H and O–H groups in total. The zero-order valence-corrected chi connectivity index (χ0v) is 16.1. The molecule has 1 saturated heterocycles. The number of rotatable bonds is 6. The lowest BCUT2D eigenvalue weighted by atomic mass is 9.91. The van der Waals surface area contributed by atoms with Crippen LogP contribution in [0, 0.1) is 5.92 Å². The summed E-state index contributed by atoms with van der Waals surface area (Å²) in [4.78, 5) is 14.9. The summed E-state index contributed by atoms with van der Waals surface area (Å²) in [5.74, 6) is 1.60. The van der Waals surface area contributed by atoms with Crippen molar-refractivity contribution >= 4 is 18.3 Å². The predicted molar refractivity (Wildman–Crippen MR) is 103 cm³/mol. The molecule has 0 bridgehead atoms. The Labute approximate surface area is 156 Å². The summed E-state index contributed by atoms with van der Waals surface area (Å²) in [6.07, 6.45) is 4.47. The van der Waals surface area contributed by atoms with Crippen LogP contribution in [0.2, 0.25) is 0 Å². The lowest BCUT2D eigenvalue weighted by Gasteiger charge is -2.34. The Bertz CT molecular complexity index is 605. The fraction of sp³-hybridized carbons (Fsp3) is 0.526. The summed E-state index contributed by atoms with van der Waals surface area (Å²) in [6, 6.07) is 3.73. The van der Waals surface area contributed by atoms with E-state index >= 15 is 0 Å². The topological polar surface area (TPSA) is 64.8 Å². The highest BCUT2D eigenvalue weighted by Crippen LogP contribution is 2.34. The number of nitrogens with two attached hydrogens (primary N) is 1. The van der Waals surface area contributed by atoms with Gasteiger partial charge in [0.2, 0.25) is 0 Å². The third-order valence-corrected chi connectivity index (χ3v) is 4.66. The van der Waals surface area contributed by atoms with Gasteiger partial charge in [0.1, 0.15) is 0 Å². The molecule has 0 spiro atoms. The first-order valence-corrected chi connectivity index (χ1v) is 8.42. The molecule has 2 atom stereocenters. The van der Waals surface area contributed by atoms with Gasteiger partial charge in [-0.25, -0.2) is 0 Å². The van der Waals surface area contributed by atoms with Crippen LogP contribution in [0.15, 0.2) is 24.8 Å². The molecule has 1 heterocycles. The third-order valence-electron chi connectivity index (χ3n) is 4.66. The number of carbonyl (C=O) groups is 1. The Morgan fingerprint density at radius 1 is 1.44 bits per heavy atom. The smallest absolute Gasteiger partial charge is 0.254 e. The molecule has 1 aliphatic heterocycles. The average molecular weight is 369 g/mol. The zero-order valence-electron chi connectivity index (χ0n) is 15.3. The minimum atomic E-state index is 0. The van der Waals surface area contributed by atoms with E-state index in [0.717, 1.165) is 24.9 Å². The van der Waals surface area contributed by atoms with E-state index in [4.69, 9.17) is 15.2 Å². The molecule has 1 aromatic rings. The number of piperidine rings is 1. The Balaban J connectivity index is 0.00000312. The molecule has 0 saturated carbocycles. The van der Waals surface area contributed by atoms with E-state index in [1.807, 2.05) is 17.9 Å². The maximum Gasteiger partial charge on any atom is 0.254 e. The highest BCUT2D eigenvalue weighted by atomic mass is 35.5. The second kappa shape index (κ2) is 9.68. The van der Waals surface area contributed by atoms with Crippen LogP contribution in [0.4, 0.5) is 0 Å². The molecular formula is C19H29ClN2O3. The van der Waals surface area contributed by atoms with Crippen LogP contribution < -0.4 is 15.2 Å². The monoisotopic (exact) mass is 368 g/mol. The van der Waals surface area contributed by atoms with Gasteiger partial charge in [-0.15, -0.1) is 19.0 Å². The van der Waals surface area contributed by atoms with Crippen LogP contribution in [-0.2, 0) is 6.42 Å². The molecule has 1 amide bonds. The lowest BCUT2D eigenvalue weighted by molar-refractivity contribution is 0.0660. The minimum Gasteiger partial charge on any atom is -0.493 e. The van der Waals surface area contributed by atoms with E-state index in [0.29, 0.717) is 35.9 Å². The predicted octanol–water partition coefficient (Wildman–Crippen LogP) is 3.05. The number of hydrogen-bond acceptors (Lipinski definition) is 4. The number of nitrogens with zero attached hydrogens (tertiary/aromatic N) is 1. The van der Waals surface area contributed by atoms with Crippen LogP contribution in [0.3, 0.4) is 0 Å². The van der Waals surface area contributed by atoms with Crippen molar-refractivity contribution in [1.82, 2.24) is 4.90 Å². The summed E-state index contributed by atoms with van der Waals surface area (Å²) in [5, 5.41) is 0. The molecule has 140 valence electrons. The highest BCUT2D eigenvalue weighted by Gasteiger charge is 2.27. The van der Waals surface area contributed by atoms with Gasteiger partial charge < -0.3 is 20.1 Å². The summed E-state index contributed by atoms with van der Waals surface area (Å²) in [7, 11) is 3.18. The number of halogens is 1. The zero-order chi connectivity index (χ0) is 17.7. The van der Waals surface area contributed by atoms with Crippen LogP contribution in [0.5, 0.6) is 11.5 Å². The summed E-state index contributed by atoms with van der Waals surface area (Å²) in [6.45, 7) is 7.27. The number of hydrogen-bond donors (Lipinski definition) is 1. The number of allylic oxidation sites excluding steroid dienone is 1. The van der Waals surface area contributed by atoms with E-state index in [-0.39, 0.29) is 24.4 Å². The molecule has 2 unspecified atom stereocenters. The molecule has 1 aromatic carbocycles. The van der Waals surface area contributed by atoms with Crippen molar-refractivity contribution < 1.29 is 14.3 Å². The highest BCUT2D eigenvalue weighted by molar-refractivity contribution is 5.95. The summed E-state index contributed by atoms with van der Waals surface area (Å²) in [5.41, 5.74) is 7.55. The number of methoxy groups -OCH3 is 2. The Hall–Kier alpha value is -1.72. The normalized spacial score (nSPS) is 18.1. The van der Waals surface area contributed by atoms with Gasteiger partial charge in [0.25, 0.3) is 5.91 Å². The number of benzene rings is 1. The molecule has 1 fully saturated rings. The molecule has 2 rings (SSSR count). The molecule has 1 aliphatic rings. The second-order valence-electron chi connectivity index (χ2n) is 6.38. The third kappa shape index (κ3) is 4.89. The first kappa shape index (κ1) is 21.3. The van der Waals surface area contributed by atoms with Crippen molar-refractivity contribution in [2.24, 2.45) is 11.7 Å². The van der Waals surface area contributed by atoms with E-state index in [1.165, 1.54) is 0 Å². The van der Waals surface area contributed by atoms with Gasteiger partial charge in [0.05, 0.1) is 14.2 Å². The number of ether oxygens (including phenoxy) is 2. The Morgan fingerprint density at radius 2 is 2.16 bits per heavy atom. The minimum absolute atomic E-state index is 0. The van der Waals surface area contributed by atoms with Gasteiger partial charge >= 0.3 is 0 Å². The molecule has 6 heteroatoms. The van der Waals surface area contributed by atoms with Crippen molar-refractivity contribution in [3.63, 3.8) is 0 Å². The standard InChI is InChI=1S/C19H28N2O3.ClH/c1-5-7-14-10-16(11-17(23-3)18(14)24-4)19(22)21-9-6-8-15(12-21)13(2)20;/h5,10-11,13,15H,1,6-9,12,20H2,2-4H3;1H. The maximum atomic E-state index is 13.0. The Kier molecular flexibility index (Phi) is 8.26. The lowest BCUT2D eigenvalue weighted by Crippen LogP contribution is -2.45. The van der Waals surface area contributed by atoms with Crippen LogP contribution in [0.1, 0.15) is 35.7 Å². The van der Waals surface area contributed by atoms with Crippen LogP contribution >= 0.6 is 12.4 Å². The van der Waals surface area contributed by atoms with E-state index in [1.54, 1.807) is 26.4 Å². The van der Waals surface area contributed by atoms with Crippen molar-refractivity contribution in [3.8, 4) is 11.5 Å². The molecule has 25 heavy (non-hydrogen) atoms. The number of amides is 1. The Morgan fingerprint density at radius 3 is 2.72 bits per heavy atom. The van der Waals surface area contributed by atoms with Crippen molar-refractivity contribution in [2.45, 2.75) is 32.2 Å². The first-order chi connectivity index (χ1) is 11.5. The summed E-state index contributed by atoms with van der Waals surface area (Å²) >= 11 is 0. The van der Waals surface area contributed by atoms with E-state index in [9.17, 15) is 4.79 Å². The van der Waals surface area contributed by atoms with E-state index < -0.39 is 0 Å². The van der Waals surface area contributed by atoms with Gasteiger partial charge in [-0.3, -0.25) is 4.79 Å². The quantitative estimate of drug-likeness (QED) is 0.784. The first-order valence-electron chi connectivity index (χ1n) is 8.42. The molecule has 5 nitrogen and oxygen atoms in total. The largest absolute Gasteiger partial charge is 0.493 e. The molecule has 0 aromatic heterocycles. The number of carbonyl (C=O) groups excluding carboxylic acids is 1.